The lowest BCUT2D eigenvalue weighted by atomic mass is 10.2. The van der Waals surface area contributed by atoms with Crippen molar-refractivity contribution in [1.29, 1.82) is 5.26 Å². The Balaban J connectivity index is 2.39. The molecular formula is C17H13Cl2N3O4S. The van der Waals surface area contributed by atoms with Crippen molar-refractivity contribution in [3.05, 3.63) is 51.9 Å². The highest BCUT2D eigenvalue weighted by molar-refractivity contribution is 7.89. The summed E-state index contributed by atoms with van der Waals surface area (Å²) in [6, 6.07) is 2.11. The monoisotopic (exact) mass is 432 g/mol. The molecule has 2 aromatic carbocycles. The summed E-state index contributed by atoms with van der Waals surface area (Å²) in [5.41, 5.74) is -0.859. The second kappa shape index (κ2) is 7.74. The summed E-state index contributed by atoms with van der Waals surface area (Å²) in [6.45, 7) is -7.40. The van der Waals surface area contributed by atoms with E-state index in [9.17, 15) is 18.5 Å². The van der Waals surface area contributed by atoms with Gasteiger partial charge in [-0.25, -0.2) is 8.42 Å². The normalized spacial score (nSPS) is 22.6. The highest BCUT2D eigenvalue weighted by Crippen LogP contribution is 2.34. The molecule has 1 amide bonds. The minimum absolute atomic E-state index is 0.0460. The standard InChI is InChI=1S/C17H13Cl2N3O4S/c18-12-6-13(19)8-14(7-12)26-15-2-1-11(9-20)5-16(15)27(24,25)22-4-3-21-17(23)10-22/h1-2,5-8H,3-4,10H2,(H,21,23)/i1D,2D,4D2,5D,10D2. The Labute approximate surface area is 175 Å². The van der Waals surface area contributed by atoms with Crippen LogP contribution in [-0.2, 0) is 14.8 Å². The Morgan fingerprint density at radius 3 is 2.67 bits per heavy atom. The minimum atomic E-state index is -5.49. The van der Waals surface area contributed by atoms with Gasteiger partial charge in [-0.2, -0.15) is 9.57 Å². The number of nitriles is 1. The first kappa shape index (κ1) is 12.2. The second-order valence-corrected chi connectivity index (χ2v) is 7.55. The SMILES string of the molecule is [2H]c1c([2H])c(Oc2cc(Cl)cc(Cl)c2)c(S(=O)(=O)N2C([2H])([2H])CNC(=O)C2([2H])[2H])c([2H])c1C#N. The van der Waals surface area contributed by atoms with Crippen LogP contribution in [0.5, 0.6) is 11.5 Å². The fraction of sp³-hybridized carbons (Fsp3) is 0.176. The summed E-state index contributed by atoms with van der Waals surface area (Å²) < 4.78 is 88.6. The predicted molar refractivity (Wildman–Crippen MR) is 99.5 cm³/mol. The highest BCUT2D eigenvalue weighted by Gasteiger charge is 2.32. The molecule has 0 unspecified atom stereocenters. The Hall–Kier alpha value is -2.31. The van der Waals surface area contributed by atoms with E-state index >= 15 is 0 Å². The third-order valence-electron chi connectivity index (χ3n) is 3.09. The van der Waals surface area contributed by atoms with Crippen molar-refractivity contribution >= 4 is 39.1 Å². The number of hydrogen-bond acceptors (Lipinski definition) is 5. The summed E-state index contributed by atoms with van der Waals surface area (Å²) in [5.74, 6) is -2.68. The van der Waals surface area contributed by atoms with Crippen molar-refractivity contribution in [2.45, 2.75) is 4.90 Å². The Bertz CT molecular complexity index is 1350. The highest BCUT2D eigenvalue weighted by atomic mass is 35.5. The summed E-state index contributed by atoms with van der Waals surface area (Å²) in [7, 11) is -5.49. The quantitative estimate of drug-likeness (QED) is 0.800. The van der Waals surface area contributed by atoms with Gasteiger partial charge in [0.1, 0.15) is 16.4 Å². The fourth-order valence-electron chi connectivity index (χ4n) is 1.99. The van der Waals surface area contributed by atoms with Crippen LogP contribution in [0.3, 0.4) is 0 Å². The number of nitrogens with zero attached hydrogens (tertiary/aromatic N) is 2. The number of ether oxygens (including phenoxy) is 1. The molecule has 0 radical (unpaired) electrons. The fourth-order valence-corrected chi connectivity index (χ4v) is 3.68. The van der Waals surface area contributed by atoms with Gasteiger partial charge in [0.25, 0.3) is 0 Å². The van der Waals surface area contributed by atoms with Crippen molar-refractivity contribution < 1.29 is 27.5 Å². The first-order valence-corrected chi connectivity index (χ1v) is 9.27. The third kappa shape index (κ3) is 4.34. The average Bonchev–Trinajstić information content (AvgIpc) is 2.68. The zero-order chi connectivity index (χ0) is 25.8. The molecule has 1 aliphatic heterocycles. The van der Waals surface area contributed by atoms with E-state index in [4.69, 9.17) is 37.5 Å². The lowest BCUT2D eigenvalue weighted by Crippen LogP contribution is -2.49. The van der Waals surface area contributed by atoms with Crippen LogP contribution >= 0.6 is 23.2 Å². The number of piperazine rings is 1. The molecule has 10 heteroatoms. The van der Waals surface area contributed by atoms with Crippen LogP contribution in [-0.4, -0.2) is 38.2 Å². The second-order valence-electron chi connectivity index (χ2n) is 4.95. The number of amides is 1. The molecule has 0 aromatic heterocycles. The molecule has 140 valence electrons. The maximum Gasteiger partial charge on any atom is 0.247 e. The topological polar surface area (TPSA) is 99.5 Å². The largest absolute Gasteiger partial charge is 0.456 e. The van der Waals surface area contributed by atoms with Gasteiger partial charge in [0.05, 0.1) is 25.0 Å². The zero-order valence-electron chi connectivity index (χ0n) is 20.1. The average molecular weight is 433 g/mol. The van der Waals surface area contributed by atoms with E-state index in [1.807, 2.05) is 5.32 Å². The molecule has 1 aliphatic rings. The molecule has 3 rings (SSSR count). The minimum Gasteiger partial charge on any atom is -0.456 e. The van der Waals surface area contributed by atoms with Gasteiger partial charge in [0.2, 0.25) is 15.9 Å². The lowest BCUT2D eigenvalue weighted by Gasteiger charge is -2.26. The zero-order valence-corrected chi connectivity index (χ0v) is 15.5. The van der Waals surface area contributed by atoms with Crippen molar-refractivity contribution in [2.24, 2.45) is 0 Å². The molecule has 7 nitrogen and oxygen atoms in total. The Morgan fingerprint density at radius 2 is 2.00 bits per heavy atom. The lowest BCUT2D eigenvalue weighted by molar-refractivity contribution is -0.122. The predicted octanol–water partition coefficient (Wildman–Crippen LogP) is 2.78. The molecule has 2 aromatic rings. The smallest absolute Gasteiger partial charge is 0.247 e. The summed E-state index contributed by atoms with van der Waals surface area (Å²) in [5, 5.41) is 11.4. The first-order valence-electron chi connectivity index (χ1n) is 10.6. The summed E-state index contributed by atoms with van der Waals surface area (Å²) >= 11 is 11.8. The van der Waals surface area contributed by atoms with Crippen LogP contribution < -0.4 is 10.1 Å². The molecule has 1 heterocycles. The van der Waals surface area contributed by atoms with E-state index in [1.165, 1.54) is 24.3 Å². The third-order valence-corrected chi connectivity index (χ3v) is 5.03. The molecule has 1 saturated heterocycles. The van der Waals surface area contributed by atoms with E-state index < -0.39 is 69.8 Å². The molecule has 0 spiro atoms. The van der Waals surface area contributed by atoms with E-state index in [2.05, 4.69) is 0 Å². The number of rotatable bonds is 4. The molecule has 27 heavy (non-hydrogen) atoms. The van der Waals surface area contributed by atoms with Crippen LogP contribution in [0.2, 0.25) is 10.0 Å². The molecule has 0 saturated carbocycles. The summed E-state index contributed by atoms with van der Waals surface area (Å²) in [4.78, 5) is 10.8. The van der Waals surface area contributed by atoms with Gasteiger partial charge < -0.3 is 10.1 Å². The van der Waals surface area contributed by atoms with E-state index in [0.29, 0.717) is 0 Å². The number of carbonyl (C=O) groups is 1. The Kier molecular flexibility index (Phi) is 3.50. The van der Waals surface area contributed by atoms with Gasteiger partial charge in [-0.3, -0.25) is 4.79 Å². The van der Waals surface area contributed by atoms with Crippen molar-refractivity contribution in [3.63, 3.8) is 0 Å². The van der Waals surface area contributed by atoms with Gasteiger partial charge in [-0.05, 0) is 36.3 Å². The van der Waals surface area contributed by atoms with Gasteiger partial charge >= 0.3 is 0 Å². The van der Waals surface area contributed by atoms with Crippen LogP contribution in [0.15, 0.2) is 41.2 Å². The van der Waals surface area contributed by atoms with Crippen LogP contribution in [0, 0.1) is 11.3 Å². The van der Waals surface area contributed by atoms with Crippen molar-refractivity contribution in [3.8, 4) is 17.6 Å². The van der Waals surface area contributed by atoms with Crippen LogP contribution in [0.25, 0.3) is 0 Å². The number of carbonyl (C=O) groups excluding carboxylic acids is 1. The van der Waals surface area contributed by atoms with Gasteiger partial charge in [-0.15, -0.1) is 0 Å². The molecule has 0 atom stereocenters. The van der Waals surface area contributed by atoms with Crippen molar-refractivity contribution in [2.75, 3.05) is 19.5 Å². The van der Waals surface area contributed by atoms with Gasteiger partial charge in [0, 0.05) is 25.8 Å². The maximum absolute atomic E-state index is 13.6. The molecule has 0 bridgehead atoms. The van der Waals surface area contributed by atoms with Crippen LogP contribution in [0.4, 0.5) is 0 Å². The van der Waals surface area contributed by atoms with Crippen molar-refractivity contribution in [1.82, 2.24) is 9.62 Å². The molecule has 1 N–H and O–H groups in total. The maximum atomic E-state index is 13.6. The summed E-state index contributed by atoms with van der Waals surface area (Å²) in [6.07, 6.45) is 0. The van der Waals surface area contributed by atoms with Gasteiger partial charge in [0.15, 0.2) is 0 Å². The van der Waals surface area contributed by atoms with E-state index in [0.717, 1.165) is 0 Å². The molecule has 0 aliphatic carbocycles. The number of halogens is 2. The number of nitrogens with one attached hydrogen (secondary N) is 1. The molecular weight excluding hydrogens is 413 g/mol. The van der Waals surface area contributed by atoms with Crippen LogP contribution in [0.1, 0.15) is 15.2 Å². The molecule has 1 fully saturated rings. The van der Waals surface area contributed by atoms with E-state index in [1.54, 1.807) is 0 Å². The number of benzene rings is 2. The van der Waals surface area contributed by atoms with E-state index in [-0.39, 0.29) is 20.1 Å². The van der Waals surface area contributed by atoms with Gasteiger partial charge in [-0.1, -0.05) is 23.2 Å². The Morgan fingerprint density at radius 1 is 1.30 bits per heavy atom. The first-order chi connectivity index (χ1) is 15.6. The number of hydrogen-bond donors (Lipinski definition) is 1. The number of sulfonamides is 1.